The molecule has 0 aliphatic heterocycles. The van der Waals surface area contributed by atoms with Crippen LogP contribution in [0.3, 0.4) is 0 Å². The summed E-state index contributed by atoms with van der Waals surface area (Å²) < 4.78 is 12.1. The molecule has 0 radical (unpaired) electrons. The van der Waals surface area contributed by atoms with Crippen LogP contribution in [0, 0.1) is 6.92 Å². The van der Waals surface area contributed by atoms with E-state index in [1.807, 2.05) is 50.2 Å². The van der Waals surface area contributed by atoms with Gasteiger partial charge in [0.2, 0.25) is 0 Å². The minimum absolute atomic E-state index is 0.183. The lowest BCUT2D eigenvalue weighted by molar-refractivity contribution is 0.102. The molecule has 0 bridgehead atoms. The Labute approximate surface area is 185 Å². The number of aryl methyl sites for hydroxylation is 1. The summed E-state index contributed by atoms with van der Waals surface area (Å²) in [5.41, 5.74) is 1.71. The number of pyridine rings is 1. The molecule has 2 aromatic carbocycles. The van der Waals surface area contributed by atoms with Gasteiger partial charge in [0.25, 0.3) is 11.5 Å². The number of hydrogen-bond donors (Lipinski definition) is 1. The van der Waals surface area contributed by atoms with Gasteiger partial charge in [-0.1, -0.05) is 17.3 Å². The van der Waals surface area contributed by atoms with Crippen molar-refractivity contribution in [1.82, 2.24) is 14.6 Å². The molecule has 1 amide bonds. The number of fused-ring (bicyclic) bond motifs is 1. The van der Waals surface area contributed by atoms with E-state index in [4.69, 9.17) is 9.26 Å². The lowest BCUT2D eigenvalue weighted by Gasteiger charge is -2.14. The van der Waals surface area contributed by atoms with Gasteiger partial charge in [0.1, 0.15) is 18.6 Å². The molecule has 8 nitrogen and oxygen atoms in total. The van der Waals surface area contributed by atoms with Gasteiger partial charge >= 0.3 is 0 Å². The third-order valence-corrected chi connectivity index (χ3v) is 5.09. The number of carbonyl (C=O) groups excluding carboxylic acids is 1. The molecule has 32 heavy (non-hydrogen) atoms. The Morgan fingerprint density at radius 2 is 2.00 bits per heavy atom. The standard InChI is InChI=1S/C24H24N4O4/c1-16-4-5-18(23(29)25-22-9-12-32-26-22)14-21(16)28-10-8-17-6-7-19(15-20(17)24(28)30)31-13-11-27(2)3/h4-10,12,14-15H,11,13H2,1-3H3,(H,25,26,29). The average Bonchev–Trinajstić information content (AvgIpc) is 3.28. The Balaban J connectivity index is 1.68. The third kappa shape index (κ3) is 4.55. The van der Waals surface area contributed by atoms with Crippen LogP contribution in [0.2, 0.25) is 0 Å². The van der Waals surface area contributed by atoms with Crippen molar-refractivity contribution in [2.24, 2.45) is 0 Å². The smallest absolute Gasteiger partial charge is 0.263 e. The maximum absolute atomic E-state index is 13.3. The maximum Gasteiger partial charge on any atom is 0.263 e. The number of ether oxygens (including phenoxy) is 1. The second-order valence-electron chi connectivity index (χ2n) is 7.73. The van der Waals surface area contributed by atoms with Gasteiger partial charge in [-0.2, -0.15) is 0 Å². The molecule has 0 atom stereocenters. The molecule has 4 aromatic rings. The number of amides is 1. The topological polar surface area (TPSA) is 89.6 Å². The molecular formula is C24H24N4O4. The van der Waals surface area contributed by atoms with E-state index >= 15 is 0 Å². The molecule has 0 spiro atoms. The average molecular weight is 432 g/mol. The normalized spacial score (nSPS) is 11.1. The van der Waals surface area contributed by atoms with Gasteiger partial charge < -0.3 is 19.5 Å². The van der Waals surface area contributed by atoms with Crippen molar-refractivity contribution in [2.75, 3.05) is 32.6 Å². The fraction of sp³-hybridized carbons (Fsp3) is 0.208. The summed E-state index contributed by atoms with van der Waals surface area (Å²) in [5, 5.41) is 7.73. The number of nitrogens with zero attached hydrogens (tertiary/aromatic N) is 3. The molecule has 0 saturated carbocycles. The first kappa shape index (κ1) is 21.3. The molecular weight excluding hydrogens is 408 g/mol. The lowest BCUT2D eigenvalue weighted by Crippen LogP contribution is -2.20. The number of nitrogens with one attached hydrogen (secondary N) is 1. The van der Waals surface area contributed by atoms with Crippen LogP contribution in [0.1, 0.15) is 15.9 Å². The highest BCUT2D eigenvalue weighted by molar-refractivity contribution is 6.04. The van der Waals surface area contributed by atoms with E-state index in [1.54, 1.807) is 35.0 Å². The van der Waals surface area contributed by atoms with Crippen molar-refractivity contribution >= 4 is 22.5 Å². The first-order chi connectivity index (χ1) is 15.4. The molecule has 0 unspecified atom stereocenters. The summed E-state index contributed by atoms with van der Waals surface area (Å²) >= 11 is 0. The molecule has 164 valence electrons. The molecule has 8 heteroatoms. The minimum Gasteiger partial charge on any atom is -0.492 e. The zero-order chi connectivity index (χ0) is 22.7. The lowest BCUT2D eigenvalue weighted by atomic mass is 10.1. The van der Waals surface area contributed by atoms with Gasteiger partial charge in [-0.3, -0.25) is 14.2 Å². The van der Waals surface area contributed by atoms with Crippen LogP contribution >= 0.6 is 0 Å². The van der Waals surface area contributed by atoms with Gasteiger partial charge in [0, 0.05) is 24.4 Å². The fourth-order valence-corrected chi connectivity index (χ4v) is 3.32. The molecule has 4 rings (SSSR count). The molecule has 2 heterocycles. The summed E-state index contributed by atoms with van der Waals surface area (Å²) in [6.07, 6.45) is 3.10. The second kappa shape index (κ2) is 9.07. The molecule has 1 N–H and O–H groups in total. The van der Waals surface area contributed by atoms with E-state index in [1.165, 1.54) is 6.26 Å². The van der Waals surface area contributed by atoms with Crippen LogP contribution < -0.4 is 15.6 Å². The Morgan fingerprint density at radius 3 is 2.75 bits per heavy atom. The van der Waals surface area contributed by atoms with Crippen molar-refractivity contribution in [2.45, 2.75) is 6.92 Å². The van der Waals surface area contributed by atoms with Gasteiger partial charge in [-0.25, -0.2) is 0 Å². The quantitative estimate of drug-likeness (QED) is 0.481. The van der Waals surface area contributed by atoms with E-state index in [0.29, 0.717) is 34.8 Å². The van der Waals surface area contributed by atoms with Crippen LogP contribution in [0.4, 0.5) is 5.82 Å². The van der Waals surface area contributed by atoms with E-state index in [2.05, 4.69) is 10.5 Å². The predicted molar refractivity (Wildman–Crippen MR) is 123 cm³/mol. The van der Waals surface area contributed by atoms with Gasteiger partial charge in [-0.15, -0.1) is 0 Å². The summed E-state index contributed by atoms with van der Waals surface area (Å²) in [6.45, 7) is 3.20. The summed E-state index contributed by atoms with van der Waals surface area (Å²) in [6, 6.07) is 14.1. The van der Waals surface area contributed by atoms with E-state index in [0.717, 1.165) is 17.5 Å². The Kier molecular flexibility index (Phi) is 6.04. The fourth-order valence-electron chi connectivity index (χ4n) is 3.32. The summed E-state index contributed by atoms with van der Waals surface area (Å²) in [7, 11) is 3.95. The number of rotatable bonds is 7. The van der Waals surface area contributed by atoms with Gasteiger partial charge in [0.15, 0.2) is 5.82 Å². The minimum atomic E-state index is -0.342. The monoisotopic (exact) mass is 432 g/mol. The van der Waals surface area contributed by atoms with Crippen molar-refractivity contribution < 1.29 is 14.1 Å². The van der Waals surface area contributed by atoms with Crippen LogP contribution in [-0.2, 0) is 0 Å². The Bertz CT molecular complexity index is 1310. The largest absolute Gasteiger partial charge is 0.492 e. The number of aromatic nitrogens is 2. The third-order valence-electron chi connectivity index (χ3n) is 5.09. The highest BCUT2D eigenvalue weighted by Crippen LogP contribution is 2.21. The van der Waals surface area contributed by atoms with Crippen LogP contribution in [0.25, 0.3) is 16.5 Å². The second-order valence-corrected chi connectivity index (χ2v) is 7.73. The number of anilines is 1. The van der Waals surface area contributed by atoms with E-state index < -0.39 is 0 Å². The molecule has 0 fully saturated rings. The SMILES string of the molecule is Cc1ccc(C(=O)Nc2ccon2)cc1-n1ccc2ccc(OCCN(C)C)cc2c1=O. The van der Waals surface area contributed by atoms with Gasteiger partial charge in [0.05, 0.1) is 11.1 Å². The highest BCUT2D eigenvalue weighted by atomic mass is 16.5. The van der Waals surface area contributed by atoms with Gasteiger partial charge in [-0.05, 0) is 62.3 Å². The zero-order valence-electron chi connectivity index (χ0n) is 18.2. The first-order valence-corrected chi connectivity index (χ1v) is 10.2. The van der Waals surface area contributed by atoms with Crippen molar-refractivity contribution in [3.8, 4) is 11.4 Å². The van der Waals surface area contributed by atoms with E-state index in [-0.39, 0.29) is 11.5 Å². The van der Waals surface area contributed by atoms with Crippen LogP contribution in [0.5, 0.6) is 5.75 Å². The highest BCUT2D eigenvalue weighted by Gasteiger charge is 2.13. The molecule has 0 aliphatic rings. The summed E-state index contributed by atoms with van der Waals surface area (Å²) in [4.78, 5) is 28.0. The number of likely N-dealkylation sites (N-methyl/N-ethyl adjacent to an activating group) is 1. The number of benzene rings is 2. The first-order valence-electron chi connectivity index (χ1n) is 10.2. The van der Waals surface area contributed by atoms with Crippen molar-refractivity contribution in [1.29, 1.82) is 0 Å². The van der Waals surface area contributed by atoms with Crippen molar-refractivity contribution in [3.05, 3.63) is 82.5 Å². The molecule has 0 saturated heterocycles. The van der Waals surface area contributed by atoms with Crippen LogP contribution in [-0.4, -0.2) is 47.8 Å². The summed E-state index contributed by atoms with van der Waals surface area (Å²) in [5.74, 6) is 0.624. The van der Waals surface area contributed by atoms with Crippen molar-refractivity contribution in [3.63, 3.8) is 0 Å². The molecule has 2 aromatic heterocycles. The Hall–Kier alpha value is -3.91. The zero-order valence-corrected chi connectivity index (χ0v) is 18.2. The number of carbonyl (C=O) groups is 1. The van der Waals surface area contributed by atoms with E-state index in [9.17, 15) is 9.59 Å². The predicted octanol–water partition coefficient (Wildman–Crippen LogP) is 3.48. The number of hydrogen-bond acceptors (Lipinski definition) is 6. The Morgan fingerprint density at radius 1 is 1.16 bits per heavy atom. The molecule has 0 aliphatic carbocycles. The maximum atomic E-state index is 13.3. The van der Waals surface area contributed by atoms with Crippen LogP contribution in [0.15, 0.2) is 70.3 Å².